The van der Waals surface area contributed by atoms with Gasteiger partial charge in [0.05, 0.1) is 0 Å². The summed E-state index contributed by atoms with van der Waals surface area (Å²) in [6.45, 7) is 4.66. The van der Waals surface area contributed by atoms with E-state index in [9.17, 15) is 4.79 Å². The van der Waals surface area contributed by atoms with Crippen LogP contribution in [0.4, 0.5) is 0 Å². The van der Waals surface area contributed by atoms with Crippen LogP contribution >= 0.6 is 0 Å². The normalized spacial score (nSPS) is 10.5. The number of ketones is 1. The van der Waals surface area contributed by atoms with Gasteiger partial charge in [-0.3, -0.25) is 14.5 Å². The molecule has 0 amide bonds. The summed E-state index contributed by atoms with van der Waals surface area (Å²) in [4.78, 5) is 16.5. The fourth-order valence-corrected chi connectivity index (χ4v) is 1.78. The van der Waals surface area contributed by atoms with Gasteiger partial charge in [-0.25, -0.2) is 0 Å². The Balaban J connectivity index is 2.37. The predicted octanol–water partition coefficient (Wildman–Crippen LogP) is 2.23. The van der Waals surface area contributed by atoms with E-state index in [0.29, 0.717) is 11.3 Å². The second-order valence-electron chi connectivity index (χ2n) is 3.91. The molecule has 0 bridgehead atoms. The first-order chi connectivity index (χ1) is 8.24. The smallest absolute Gasteiger partial charge is 0.212 e. The number of nitrogens with zero attached hydrogens (tertiary/aromatic N) is 3. The van der Waals surface area contributed by atoms with E-state index in [4.69, 9.17) is 0 Å². The van der Waals surface area contributed by atoms with Crippen LogP contribution in [0.5, 0.6) is 0 Å². The van der Waals surface area contributed by atoms with Crippen molar-refractivity contribution in [2.24, 2.45) is 0 Å². The quantitative estimate of drug-likeness (QED) is 0.755. The molecule has 0 aliphatic heterocycles. The van der Waals surface area contributed by atoms with Crippen LogP contribution < -0.4 is 0 Å². The summed E-state index contributed by atoms with van der Waals surface area (Å²) in [5.41, 5.74) is 2.02. The Kier molecular flexibility index (Phi) is 3.32. The topological polar surface area (TPSA) is 47.8 Å². The standard InChI is InChI=1S/C13H15N3O/c1-3-9-16-12(6-8-15-16)13(17)11-5-4-7-14-10(11)2/h4-8H,3,9H2,1-2H3. The molecule has 0 N–H and O–H groups in total. The van der Waals surface area contributed by atoms with Crippen molar-refractivity contribution in [3.8, 4) is 0 Å². The number of hydrogen-bond donors (Lipinski definition) is 0. The van der Waals surface area contributed by atoms with E-state index in [1.807, 2.05) is 6.92 Å². The van der Waals surface area contributed by atoms with Gasteiger partial charge in [0.25, 0.3) is 0 Å². The lowest BCUT2D eigenvalue weighted by molar-refractivity contribution is 0.102. The van der Waals surface area contributed by atoms with Gasteiger partial charge in [0.15, 0.2) is 0 Å². The summed E-state index contributed by atoms with van der Waals surface area (Å²) >= 11 is 0. The van der Waals surface area contributed by atoms with E-state index in [1.165, 1.54) is 0 Å². The Hall–Kier alpha value is -1.97. The Bertz CT molecular complexity index is 531. The van der Waals surface area contributed by atoms with E-state index < -0.39 is 0 Å². The molecule has 0 radical (unpaired) electrons. The highest BCUT2D eigenvalue weighted by Gasteiger charge is 2.16. The molecule has 2 rings (SSSR count). The van der Waals surface area contributed by atoms with Crippen molar-refractivity contribution < 1.29 is 4.79 Å². The number of carbonyl (C=O) groups is 1. The molecular formula is C13H15N3O. The van der Waals surface area contributed by atoms with Crippen molar-refractivity contribution in [2.75, 3.05) is 0 Å². The summed E-state index contributed by atoms with van der Waals surface area (Å²) in [6.07, 6.45) is 4.30. The molecule has 2 aromatic rings. The zero-order valence-corrected chi connectivity index (χ0v) is 10.1. The molecular weight excluding hydrogens is 214 g/mol. The fourth-order valence-electron chi connectivity index (χ4n) is 1.78. The first-order valence-corrected chi connectivity index (χ1v) is 5.72. The molecule has 4 nitrogen and oxygen atoms in total. The molecule has 4 heteroatoms. The number of rotatable bonds is 4. The van der Waals surface area contributed by atoms with Gasteiger partial charge in [0.1, 0.15) is 5.69 Å². The molecule has 0 atom stereocenters. The predicted molar refractivity (Wildman–Crippen MR) is 64.9 cm³/mol. The van der Waals surface area contributed by atoms with Gasteiger partial charge < -0.3 is 0 Å². The molecule has 88 valence electrons. The van der Waals surface area contributed by atoms with Gasteiger partial charge in [-0.15, -0.1) is 0 Å². The van der Waals surface area contributed by atoms with Crippen molar-refractivity contribution >= 4 is 5.78 Å². The van der Waals surface area contributed by atoms with Crippen LogP contribution in [0, 0.1) is 6.92 Å². The second-order valence-corrected chi connectivity index (χ2v) is 3.91. The van der Waals surface area contributed by atoms with Crippen molar-refractivity contribution in [3.63, 3.8) is 0 Å². The monoisotopic (exact) mass is 229 g/mol. The maximum Gasteiger partial charge on any atom is 0.212 e. The zero-order chi connectivity index (χ0) is 12.3. The molecule has 0 saturated carbocycles. The highest BCUT2D eigenvalue weighted by Crippen LogP contribution is 2.12. The van der Waals surface area contributed by atoms with E-state index >= 15 is 0 Å². The van der Waals surface area contributed by atoms with E-state index in [-0.39, 0.29) is 5.78 Å². The molecule has 0 saturated heterocycles. The van der Waals surface area contributed by atoms with Crippen molar-refractivity contribution in [1.82, 2.24) is 14.8 Å². The van der Waals surface area contributed by atoms with Crippen LogP contribution in [0.3, 0.4) is 0 Å². The molecule has 0 aromatic carbocycles. The average Bonchev–Trinajstić information content (AvgIpc) is 2.78. The minimum Gasteiger partial charge on any atom is -0.287 e. The van der Waals surface area contributed by atoms with Gasteiger partial charge in [0.2, 0.25) is 5.78 Å². The lowest BCUT2D eigenvalue weighted by Gasteiger charge is -2.06. The van der Waals surface area contributed by atoms with E-state index in [2.05, 4.69) is 17.0 Å². The number of aromatic nitrogens is 3. The Morgan fingerprint density at radius 3 is 2.88 bits per heavy atom. The number of hydrogen-bond acceptors (Lipinski definition) is 3. The number of carbonyl (C=O) groups excluding carboxylic acids is 1. The van der Waals surface area contributed by atoms with Gasteiger partial charge in [-0.2, -0.15) is 5.10 Å². The molecule has 2 aromatic heterocycles. The maximum atomic E-state index is 12.3. The van der Waals surface area contributed by atoms with Crippen LogP contribution in [-0.2, 0) is 6.54 Å². The summed E-state index contributed by atoms with van der Waals surface area (Å²) in [5, 5.41) is 4.16. The molecule has 17 heavy (non-hydrogen) atoms. The Morgan fingerprint density at radius 2 is 2.18 bits per heavy atom. The van der Waals surface area contributed by atoms with Gasteiger partial charge >= 0.3 is 0 Å². The first-order valence-electron chi connectivity index (χ1n) is 5.72. The van der Waals surface area contributed by atoms with Crippen LogP contribution in [0.15, 0.2) is 30.6 Å². The van der Waals surface area contributed by atoms with Gasteiger partial charge in [-0.05, 0) is 31.5 Å². The lowest BCUT2D eigenvalue weighted by atomic mass is 10.1. The fraction of sp³-hybridized carbons (Fsp3) is 0.308. The Labute approximate surface area is 100 Å². The maximum absolute atomic E-state index is 12.3. The third kappa shape index (κ3) is 2.25. The first kappa shape index (κ1) is 11.5. The molecule has 2 heterocycles. The van der Waals surface area contributed by atoms with Crippen LogP contribution in [0.1, 0.15) is 35.1 Å². The summed E-state index contributed by atoms with van der Waals surface area (Å²) in [7, 11) is 0. The van der Waals surface area contributed by atoms with E-state index in [1.54, 1.807) is 35.3 Å². The molecule has 0 aliphatic carbocycles. The highest BCUT2D eigenvalue weighted by atomic mass is 16.1. The van der Waals surface area contributed by atoms with E-state index in [0.717, 1.165) is 18.7 Å². The average molecular weight is 229 g/mol. The lowest BCUT2D eigenvalue weighted by Crippen LogP contribution is -2.12. The number of pyridine rings is 1. The van der Waals surface area contributed by atoms with Crippen molar-refractivity contribution in [3.05, 3.63) is 47.5 Å². The summed E-state index contributed by atoms with van der Waals surface area (Å²) in [5.74, 6) is -0.0125. The Morgan fingerprint density at radius 1 is 1.35 bits per heavy atom. The summed E-state index contributed by atoms with van der Waals surface area (Å²) in [6, 6.07) is 5.33. The highest BCUT2D eigenvalue weighted by molar-refractivity contribution is 6.08. The van der Waals surface area contributed by atoms with Crippen LogP contribution in [0.25, 0.3) is 0 Å². The number of aryl methyl sites for hydroxylation is 2. The van der Waals surface area contributed by atoms with Gasteiger partial charge in [0, 0.05) is 30.2 Å². The van der Waals surface area contributed by atoms with Crippen molar-refractivity contribution in [2.45, 2.75) is 26.8 Å². The van der Waals surface area contributed by atoms with Crippen LogP contribution in [0.2, 0.25) is 0 Å². The SMILES string of the molecule is CCCn1nccc1C(=O)c1cccnc1C. The molecule has 0 aliphatic rings. The molecule has 0 spiro atoms. The molecule has 0 unspecified atom stereocenters. The third-order valence-electron chi connectivity index (χ3n) is 2.64. The third-order valence-corrected chi connectivity index (χ3v) is 2.64. The molecule has 0 fully saturated rings. The second kappa shape index (κ2) is 4.91. The largest absolute Gasteiger partial charge is 0.287 e. The minimum absolute atomic E-state index is 0.0125. The summed E-state index contributed by atoms with van der Waals surface area (Å²) < 4.78 is 1.74. The van der Waals surface area contributed by atoms with Crippen molar-refractivity contribution in [1.29, 1.82) is 0 Å². The minimum atomic E-state index is -0.0125. The zero-order valence-electron chi connectivity index (χ0n) is 10.1. The van der Waals surface area contributed by atoms with Gasteiger partial charge in [-0.1, -0.05) is 6.92 Å². The van der Waals surface area contributed by atoms with Crippen LogP contribution in [-0.4, -0.2) is 20.5 Å².